The van der Waals surface area contributed by atoms with Crippen LogP contribution in [-0.4, -0.2) is 28.6 Å². The van der Waals surface area contributed by atoms with Crippen LogP contribution in [0.4, 0.5) is 65.9 Å². The van der Waals surface area contributed by atoms with Crippen LogP contribution in [0.1, 0.15) is 31.2 Å². The predicted molar refractivity (Wildman–Crippen MR) is 146 cm³/mol. The van der Waals surface area contributed by atoms with Crippen molar-refractivity contribution in [3.05, 3.63) is 123 Å². The summed E-state index contributed by atoms with van der Waals surface area (Å²) in [4.78, 5) is 0. The minimum atomic E-state index is -6.41. The third-order valence-corrected chi connectivity index (χ3v) is 8.27. The number of rotatable bonds is 6. The first-order valence-electron chi connectivity index (χ1n) is 14.4. The Morgan fingerprint density at radius 2 is 0.780 bits per heavy atom. The van der Waals surface area contributed by atoms with E-state index in [0.29, 0.717) is 6.04 Å². The monoisotopic (exact) mass is 735 g/mol. The molecule has 270 valence electrons. The second-order valence-corrected chi connectivity index (χ2v) is 11.2. The summed E-state index contributed by atoms with van der Waals surface area (Å²) < 4.78 is 210. The van der Waals surface area contributed by atoms with E-state index in [9.17, 15) is 76.0 Å². The van der Waals surface area contributed by atoms with Crippen LogP contribution >= 0.6 is 0 Å². The number of nitrogens with two attached hydrogens (primary N) is 1. The number of aliphatic hydroxyl groups is 1. The summed E-state index contributed by atoms with van der Waals surface area (Å²) in [5, 5.41) is 22.9. The van der Waals surface area contributed by atoms with Crippen molar-refractivity contribution in [2.45, 2.75) is 44.4 Å². The zero-order chi connectivity index (χ0) is 37.4. The maximum Gasteiger partial charge on any atom is 0.214 e. The third kappa shape index (κ3) is 6.65. The van der Waals surface area contributed by atoms with Crippen LogP contribution in [0.15, 0.2) is 30.3 Å². The topological polar surface area (TPSA) is 57.1 Å². The summed E-state index contributed by atoms with van der Waals surface area (Å²) in [6.45, 7) is 0.989. The van der Waals surface area contributed by atoms with Gasteiger partial charge in [0.1, 0.15) is 53.6 Å². The van der Waals surface area contributed by atoms with Gasteiger partial charge in [-0.2, -0.15) is 0 Å². The molecule has 0 aliphatic heterocycles. The largest absolute Gasteiger partial charge is 0.594 e. The highest BCUT2D eigenvalue weighted by Gasteiger charge is 2.47. The molecule has 5 rings (SSSR count). The Morgan fingerprint density at radius 3 is 1.10 bits per heavy atom. The van der Waals surface area contributed by atoms with Gasteiger partial charge in [0.15, 0.2) is 52.4 Å². The molecule has 0 heterocycles. The fourth-order valence-electron chi connectivity index (χ4n) is 5.72. The Hall–Kier alpha value is -4.23. The molecule has 1 saturated carbocycles. The number of halogens is 15. The molecule has 19 heteroatoms. The minimum absolute atomic E-state index is 0.0949. The van der Waals surface area contributed by atoms with E-state index in [1.807, 2.05) is 6.07 Å². The summed E-state index contributed by atoms with van der Waals surface area (Å²) in [7, 11) is 0. The molecule has 0 bridgehead atoms. The van der Waals surface area contributed by atoms with Gasteiger partial charge in [0.25, 0.3) is 0 Å². The van der Waals surface area contributed by atoms with Gasteiger partial charge in [0.2, 0.25) is 6.35 Å². The average Bonchev–Trinajstić information content (AvgIpc) is 3.10. The second-order valence-electron chi connectivity index (χ2n) is 11.2. The zero-order valence-corrected chi connectivity index (χ0v) is 24.8. The van der Waals surface area contributed by atoms with Gasteiger partial charge in [-0.1, -0.05) is 53.1 Å². The fourth-order valence-corrected chi connectivity index (χ4v) is 5.72. The minimum Gasteiger partial charge on any atom is -0.594 e. The van der Waals surface area contributed by atoms with E-state index < -0.39 is 110 Å². The molecule has 50 heavy (non-hydrogen) atoms. The average molecular weight is 735 g/mol. The maximum absolute atomic E-state index is 14.5. The van der Waals surface area contributed by atoms with Gasteiger partial charge >= 0.3 is 0 Å². The van der Waals surface area contributed by atoms with Crippen molar-refractivity contribution in [1.82, 2.24) is 0 Å². The van der Waals surface area contributed by atoms with E-state index in [1.165, 1.54) is 18.4 Å². The van der Waals surface area contributed by atoms with Crippen LogP contribution in [0.3, 0.4) is 0 Å². The van der Waals surface area contributed by atoms with Crippen molar-refractivity contribution < 1.29 is 81.3 Å². The molecule has 3 nitrogen and oxygen atoms in total. The summed E-state index contributed by atoms with van der Waals surface area (Å²) in [5.74, 6) is -47.9. The van der Waals surface area contributed by atoms with Gasteiger partial charge < -0.3 is 15.4 Å². The van der Waals surface area contributed by atoms with Gasteiger partial charge in [0, 0.05) is 12.0 Å². The molecule has 4 aromatic carbocycles. The van der Waals surface area contributed by atoms with Gasteiger partial charge in [-0.05, 0) is 12.8 Å². The number of benzene rings is 4. The van der Waals surface area contributed by atoms with Crippen LogP contribution < -0.4 is 21.7 Å². The normalized spacial score (nSPS) is 16.3. The van der Waals surface area contributed by atoms with Crippen molar-refractivity contribution in [2.24, 2.45) is 0 Å². The number of hydrogen-bond donors (Lipinski definition) is 3. The Bertz CT molecular complexity index is 1670. The van der Waals surface area contributed by atoms with Gasteiger partial charge in [-0.15, -0.1) is 0 Å². The molecule has 1 aliphatic carbocycles. The lowest BCUT2D eigenvalue weighted by molar-refractivity contribution is -0.713. The molecular weight excluding hydrogens is 714 g/mol. The molecule has 1 fully saturated rings. The highest BCUT2D eigenvalue weighted by atomic mass is 19.2. The quantitative estimate of drug-likeness (QED) is 0.116. The molecule has 1 aliphatic rings. The van der Waals surface area contributed by atoms with Crippen molar-refractivity contribution in [3.63, 3.8) is 0 Å². The van der Waals surface area contributed by atoms with E-state index in [2.05, 4.69) is 29.6 Å². The summed E-state index contributed by atoms with van der Waals surface area (Å²) in [5.41, 5.74) is -7.89. The molecule has 2 atom stereocenters. The summed E-state index contributed by atoms with van der Waals surface area (Å²) in [6.07, 6.45) is -1.90. The molecular formula is C31H21BF15NO2. The van der Waals surface area contributed by atoms with Gasteiger partial charge in [0.05, 0.1) is 0 Å². The molecule has 0 amide bonds. The van der Waals surface area contributed by atoms with E-state index in [1.54, 1.807) is 0 Å². The van der Waals surface area contributed by atoms with Crippen LogP contribution in [0, 0.1) is 87.3 Å². The first-order valence-corrected chi connectivity index (χ1v) is 14.4. The smallest absolute Gasteiger partial charge is 0.214 e. The summed E-state index contributed by atoms with van der Waals surface area (Å²) in [6, 6.07) is 10.9. The Kier molecular flexibility index (Phi) is 11.5. The van der Waals surface area contributed by atoms with Crippen molar-refractivity contribution in [1.29, 1.82) is 0 Å². The van der Waals surface area contributed by atoms with Crippen molar-refractivity contribution >= 4 is 22.7 Å². The fraction of sp³-hybridized carbons (Fsp3) is 0.226. The maximum atomic E-state index is 14.5. The van der Waals surface area contributed by atoms with E-state index in [-0.39, 0.29) is 6.10 Å². The molecule has 0 radical (unpaired) electrons. The Balaban J connectivity index is 0.000000310. The molecule has 0 saturated heterocycles. The van der Waals surface area contributed by atoms with E-state index in [0.717, 1.165) is 19.4 Å². The van der Waals surface area contributed by atoms with Crippen LogP contribution in [0.25, 0.3) is 0 Å². The van der Waals surface area contributed by atoms with E-state index in [4.69, 9.17) is 0 Å². The standard InChI is InChI=1S/C18HBF15O.C13H19NO/c20-4-1(5(21)11(27)16(32)10(4)26)19(35,2-6(22)12(28)17(33)13(29)7(2)23)3-8(24)14(30)18(34)15(31)9(3)25;15-13-9-5-4-8-12(13)14-10-11-6-2-1-3-7-11/h35H;1-3,6-7,12-15H,4-5,8-10H2/q-1;/p+1/t;12-,13-/m.1/s1. The molecule has 0 unspecified atom stereocenters. The summed E-state index contributed by atoms with van der Waals surface area (Å²) >= 11 is 0. The lowest BCUT2D eigenvalue weighted by Gasteiger charge is -2.39. The first-order chi connectivity index (χ1) is 23.4. The van der Waals surface area contributed by atoms with Crippen LogP contribution in [0.2, 0.25) is 0 Å². The highest BCUT2D eigenvalue weighted by Crippen LogP contribution is 2.27. The second kappa shape index (κ2) is 14.9. The lowest BCUT2D eigenvalue weighted by atomic mass is 9.28. The number of hydrogen-bond acceptors (Lipinski definition) is 2. The molecule has 4 N–H and O–H groups in total. The van der Waals surface area contributed by atoms with E-state index >= 15 is 0 Å². The number of quaternary nitrogens is 1. The molecule has 0 spiro atoms. The van der Waals surface area contributed by atoms with Crippen LogP contribution in [0.5, 0.6) is 0 Å². The Labute approximate surface area is 271 Å². The molecule has 0 aromatic heterocycles. The van der Waals surface area contributed by atoms with Crippen molar-refractivity contribution in [3.8, 4) is 0 Å². The Morgan fingerprint density at radius 1 is 0.480 bits per heavy atom. The lowest BCUT2D eigenvalue weighted by Crippen LogP contribution is -2.91. The highest BCUT2D eigenvalue weighted by molar-refractivity contribution is 7.06. The predicted octanol–water partition coefficient (Wildman–Crippen LogP) is 4.79. The third-order valence-electron chi connectivity index (χ3n) is 8.27. The molecule has 4 aromatic rings. The van der Waals surface area contributed by atoms with Crippen molar-refractivity contribution in [2.75, 3.05) is 0 Å². The van der Waals surface area contributed by atoms with Gasteiger partial charge in [-0.3, -0.25) is 0 Å². The number of aliphatic hydroxyl groups excluding tert-OH is 1. The van der Waals surface area contributed by atoms with Gasteiger partial charge in [-0.25, -0.2) is 65.9 Å². The SMILES string of the molecule is O[B-](c1c(F)c(F)c(F)c(F)c1F)(c1c(F)c(F)c(F)c(F)c1F)c1c(F)c(F)c(F)c(F)c1F.O[C@@H]1CCCC[C@H]1[NH2+]Cc1ccccc1. The first kappa shape index (κ1) is 38.6. The zero-order valence-electron chi connectivity index (χ0n) is 24.8. The van der Waals surface area contributed by atoms with Crippen LogP contribution in [-0.2, 0) is 6.54 Å².